The molecule has 2 aromatic rings. The van der Waals surface area contributed by atoms with Crippen LogP contribution in [0.15, 0.2) is 33.5 Å². The second-order valence-corrected chi connectivity index (χ2v) is 2.98. The highest BCUT2D eigenvalue weighted by molar-refractivity contribution is 5.79. The second-order valence-electron chi connectivity index (χ2n) is 2.98. The van der Waals surface area contributed by atoms with Crippen LogP contribution in [0.5, 0.6) is 0 Å². The summed E-state index contributed by atoms with van der Waals surface area (Å²) in [6.45, 7) is 1.75. The van der Waals surface area contributed by atoms with Crippen molar-refractivity contribution in [2.45, 2.75) is 6.92 Å². The number of rotatable bonds is 0. The summed E-state index contributed by atoms with van der Waals surface area (Å²) in [5, 5.41) is 0.533. The number of fused-ring (bicyclic) bond motifs is 1. The Bertz CT molecular complexity index is 514. The third-order valence-corrected chi connectivity index (χ3v) is 1.87. The van der Waals surface area contributed by atoms with Gasteiger partial charge in [-0.25, -0.2) is 0 Å². The van der Waals surface area contributed by atoms with Gasteiger partial charge in [-0.05, 0) is 25.1 Å². The molecule has 1 heterocycles. The van der Waals surface area contributed by atoms with Crippen molar-refractivity contribution in [1.82, 2.24) is 0 Å². The first-order chi connectivity index (χ1) is 6.16. The van der Waals surface area contributed by atoms with Crippen molar-refractivity contribution in [2.75, 3.05) is 5.73 Å². The van der Waals surface area contributed by atoms with Crippen LogP contribution in [0.2, 0.25) is 0 Å². The van der Waals surface area contributed by atoms with Gasteiger partial charge in [0.2, 0.25) is 0 Å². The second kappa shape index (κ2) is 2.62. The summed E-state index contributed by atoms with van der Waals surface area (Å²) < 4.78 is 5.34. The maximum atomic E-state index is 11.4. The summed E-state index contributed by atoms with van der Waals surface area (Å²) in [6.07, 6.45) is 0. The highest BCUT2D eigenvalue weighted by Crippen LogP contribution is 2.14. The Morgan fingerprint density at radius 2 is 2.08 bits per heavy atom. The summed E-state index contributed by atoms with van der Waals surface area (Å²) >= 11 is 0. The zero-order valence-electron chi connectivity index (χ0n) is 7.20. The molecule has 0 aliphatic heterocycles. The van der Waals surface area contributed by atoms with Crippen molar-refractivity contribution in [3.05, 3.63) is 40.2 Å². The van der Waals surface area contributed by atoms with Crippen LogP contribution < -0.4 is 11.2 Å². The maximum absolute atomic E-state index is 11.4. The summed E-state index contributed by atoms with van der Waals surface area (Å²) in [5.41, 5.74) is 6.66. The van der Waals surface area contributed by atoms with Crippen LogP contribution in [0.3, 0.4) is 0 Å². The summed E-state index contributed by atoms with van der Waals surface area (Å²) in [7, 11) is 0. The average Bonchev–Trinajstić information content (AvgIpc) is 2.06. The zero-order valence-corrected chi connectivity index (χ0v) is 7.20. The molecule has 0 saturated heterocycles. The minimum atomic E-state index is -0.0500. The number of aryl methyl sites for hydroxylation is 1. The number of hydrogen-bond acceptors (Lipinski definition) is 3. The van der Waals surface area contributed by atoms with E-state index in [0.29, 0.717) is 22.4 Å². The Labute approximate surface area is 74.8 Å². The monoisotopic (exact) mass is 175 g/mol. The third-order valence-electron chi connectivity index (χ3n) is 1.87. The minimum Gasteiger partial charge on any atom is -0.461 e. The van der Waals surface area contributed by atoms with Gasteiger partial charge in [0, 0.05) is 11.8 Å². The first kappa shape index (κ1) is 7.86. The topological polar surface area (TPSA) is 56.2 Å². The normalized spacial score (nSPS) is 10.5. The quantitative estimate of drug-likeness (QED) is 0.620. The predicted octanol–water partition coefficient (Wildman–Crippen LogP) is 1.68. The van der Waals surface area contributed by atoms with Crippen LogP contribution in [0.4, 0.5) is 5.69 Å². The molecular formula is C10H9NO2. The van der Waals surface area contributed by atoms with Crippen LogP contribution in [0.25, 0.3) is 11.0 Å². The van der Waals surface area contributed by atoms with Gasteiger partial charge in [-0.3, -0.25) is 4.79 Å². The molecule has 0 saturated carbocycles. The van der Waals surface area contributed by atoms with E-state index in [1.54, 1.807) is 25.1 Å². The lowest BCUT2D eigenvalue weighted by atomic mass is 10.2. The largest absolute Gasteiger partial charge is 0.461 e. The standard InChI is InChI=1S/C10H9NO2/c1-6-4-9(12)8-5-7(11)2-3-10(8)13-6/h2-5H,11H2,1H3. The summed E-state index contributed by atoms with van der Waals surface area (Å²) in [5.74, 6) is 0.613. The zero-order chi connectivity index (χ0) is 9.42. The van der Waals surface area contributed by atoms with Crippen LogP contribution in [-0.4, -0.2) is 0 Å². The van der Waals surface area contributed by atoms with Gasteiger partial charge in [-0.2, -0.15) is 0 Å². The fourth-order valence-electron chi connectivity index (χ4n) is 1.29. The first-order valence-corrected chi connectivity index (χ1v) is 3.97. The van der Waals surface area contributed by atoms with Crippen LogP contribution >= 0.6 is 0 Å². The molecule has 13 heavy (non-hydrogen) atoms. The van der Waals surface area contributed by atoms with E-state index < -0.39 is 0 Å². The van der Waals surface area contributed by atoms with Crippen LogP contribution in [0, 0.1) is 6.92 Å². The van der Waals surface area contributed by atoms with Gasteiger partial charge in [0.15, 0.2) is 5.43 Å². The number of nitrogen functional groups attached to an aromatic ring is 1. The fraction of sp³-hybridized carbons (Fsp3) is 0.100. The first-order valence-electron chi connectivity index (χ1n) is 3.97. The van der Waals surface area contributed by atoms with E-state index in [2.05, 4.69) is 0 Å². The molecule has 0 unspecified atom stereocenters. The molecule has 0 aliphatic rings. The highest BCUT2D eigenvalue weighted by Gasteiger charge is 2.01. The lowest BCUT2D eigenvalue weighted by Crippen LogP contribution is -2.00. The molecule has 66 valence electrons. The van der Waals surface area contributed by atoms with Crippen LogP contribution in [-0.2, 0) is 0 Å². The molecule has 0 aliphatic carbocycles. The molecule has 2 N–H and O–H groups in total. The van der Waals surface area contributed by atoms with Gasteiger partial charge >= 0.3 is 0 Å². The molecule has 1 aromatic carbocycles. The van der Waals surface area contributed by atoms with Gasteiger partial charge in [0.25, 0.3) is 0 Å². The van der Waals surface area contributed by atoms with E-state index in [1.165, 1.54) is 6.07 Å². The van der Waals surface area contributed by atoms with E-state index in [0.717, 1.165) is 0 Å². The Hall–Kier alpha value is -1.77. The molecule has 3 nitrogen and oxygen atoms in total. The van der Waals surface area contributed by atoms with Crippen LogP contribution in [0.1, 0.15) is 5.76 Å². The van der Waals surface area contributed by atoms with Crippen molar-refractivity contribution < 1.29 is 4.42 Å². The van der Waals surface area contributed by atoms with Gasteiger partial charge in [0.05, 0.1) is 5.39 Å². The number of benzene rings is 1. The predicted molar refractivity (Wildman–Crippen MR) is 51.6 cm³/mol. The van der Waals surface area contributed by atoms with Gasteiger partial charge in [-0.15, -0.1) is 0 Å². The highest BCUT2D eigenvalue weighted by atomic mass is 16.3. The molecular weight excluding hydrogens is 166 g/mol. The SMILES string of the molecule is Cc1cc(=O)c2cc(N)ccc2o1. The molecule has 0 atom stereocenters. The number of hydrogen-bond donors (Lipinski definition) is 1. The van der Waals surface area contributed by atoms with Crippen molar-refractivity contribution in [3.63, 3.8) is 0 Å². The third kappa shape index (κ3) is 1.28. The van der Waals surface area contributed by atoms with E-state index in [1.807, 2.05) is 0 Å². The molecule has 0 fully saturated rings. The van der Waals surface area contributed by atoms with E-state index in [4.69, 9.17) is 10.2 Å². The lowest BCUT2D eigenvalue weighted by Gasteiger charge is -1.98. The lowest BCUT2D eigenvalue weighted by molar-refractivity contribution is 0.565. The minimum absolute atomic E-state index is 0.0500. The molecule has 3 heteroatoms. The van der Waals surface area contributed by atoms with Gasteiger partial charge in [-0.1, -0.05) is 0 Å². The summed E-state index contributed by atoms with van der Waals surface area (Å²) in [4.78, 5) is 11.4. The number of nitrogens with two attached hydrogens (primary N) is 1. The Balaban J connectivity index is 2.95. The molecule has 0 amide bonds. The Morgan fingerprint density at radius 3 is 2.85 bits per heavy atom. The van der Waals surface area contributed by atoms with Crippen molar-refractivity contribution in [3.8, 4) is 0 Å². The van der Waals surface area contributed by atoms with E-state index in [-0.39, 0.29) is 5.43 Å². The van der Waals surface area contributed by atoms with Crippen molar-refractivity contribution >= 4 is 16.7 Å². The average molecular weight is 175 g/mol. The molecule has 2 rings (SSSR count). The van der Waals surface area contributed by atoms with Gasteiger partial charge in [0.1, 0.15) is 11.3 Å². The van der Waals surface area contributed by atoms with Crippen molar-refractivity contribution in [1.29, 1.82) is 0 Å². The smallest absolute Gasteiger partial charge is 0.193 e. The fourth-order valence-corrected chi connectivity index (χ4v) is 1.29. The van der Waals surface area contributed by atoms with E-state index in [9.17, 15) is 4.79 Å². The molecule has 1 aromatic heterocycles. The Kier molecular flexibility index (Phi) is 1.59. The maximum Gasteiger partial charge on any atom is 0.193 e. The molecule has 0 radical (unpaired) electrons. The Morgan fingerprint density at radius 1 is 1.31 bits per heavy atom. The number of anilines is 1. The molecule has 0 spiro atoms. The van der Waals surface area contributed by atoms with Gasteiger partial charge < -0.3 is 10.2 Å². The molecule has 0 bridgehead atoms. The van der Waals surface area contributed by atoms with Crippen molar-refractivity contribution in [2.24, 2.45) is 0 Å². The summed E-state index contributed by atoms with van der Waals surface area (Å²) in [6, 6.07) is 6.51. The van der Waals surface area contributed by atoms with E-state index >= 15 is 0 Å².